The zero-order valence-electron chi connectivity index (χ0n) is 9.15. The van der Waals surface area contributed by atoms with Crippen LogP contribution in [0.4, 0.5) is 22.0 Å². The molecule has 3 nitrogen and oxygen atoms in total. The highest BCUT2D eigenvalue weighted by molar-refractivity contribution is 7.09. The SMILES string of the molecule is Cc1csc(CCNC(=O)C(F)(F)C(F)(F)F)n1. The van der Waals surface area contributed by atoms with E-state index in [-0.39, 0.29) is 13.0 Å². The van der Waals surface area contributed by atoms with E-state index in [2.05, 4.69) is 4.98 Å². The quantitative estimate of drug-likeness (QED) is 0.864. The van der Waals surface area contributed by atoms with E-state index < -0.39 is 18.0 Å². The summed E-state index contributed by atoms with van der Waals surface area (Å²) in [7, 11) is 0. The first-order valence-electron chi connectivity index (χ1n) is 4.78. The fraction of sp³-hybridized carbons (Fsp3) is 0.556. The number of aromatic nitrogens is 1. The number of amides is 1. The van der Waals surface area contributed by atoms with E-state index in [1.165, 1.54) is 11.3 Å². The number of halogens is 5. The van der Waals surface area contributed by atoms with Crippen LogP contribution < -0.4 is 5.32 Å². The number of thiazole rings is 1. The highest BCUT2D eigenvalue weighted by Crippen LogP contribution is 2.35. The minimum absolute atomic E-state index is 0.109. The first kappa shape index (κ1) is 14.8. The lowest BCUT2D eigenvalue weighted by Gasteiger charge is -2.18. The number of nitrogens with zero attached hydrogens (tertiary/aromatic N) is 1. The number of hydrogen-bond acceptors (Lipinski definition) is 3. The lowest BCUT2D eigenvalue weighted by atomic mass is 10.3. The maximum Gasteiger partial charge on any atom is 0.463 e. The zero-order chi connectivity index (χ0) is 14.0. The molecule has 18 heavy (non-hydrogen) atoms. The molecule has 0 aromatic carbocycles. The van der Waals surface area contributed by atoms with E-state index in [9.17, 15) is 26.7 Å². The van der Waals surface area contributed by atoms with Gasteiger partial charge in [0.15, 0.2) is 0 Å². The fourth-order valence-corrected chi connectivity index (χ4v) is 1.82. The van der Waals surface area contributed by atoms with Crippen LogP contribution in [-0.2, 0) is 11.2 Å². The van der Waals surface area contributed by atoms with Crippen molar-refractivity contribution in [1.29, 1.82) is 0 Å². The molecule has 1 amide bonds. The maximum absolute atomic E-state index is 12.5. The normalized spacial score (nSPS) is 12.6. The first-order valence-corrected chi connectivity index (χ1v) is 5.66. The molecular weight excluding hydrogens is 279 g/mol. The van der Waals surface area contributed by atoms with E-state index in [4.69, 9.17) is 0 Å². The molecule has 1 heterocycles. The van der Waals surface area contributed by atoms with Crippen molar-refractivity contribution in [3.63, 3.8) is 0 Å². The van der Waals surface area contributed by atoms with Crippen LogP contribution in [0.5, 0.6) is 0 Å². The molecule has 0 bridgehead atoms. The van der Waals surface area contributed by atoms with Gasteiger partial charge in [0.1, 0.15) is 0 Å². The standard InChI is InChI=1S/C9H9F5N2OS/c1-5-4-18-6(16-5)2-3-15-7(17)8(10,11)9(12,13)14/h4H,2-3H2,1H3,(H,15,17). The molecule has 9 heteroatoms. The molecule has 0 aliphatic heterocycles. The summed E-state index contributed by atoms with van der Waals surface area (Å²) >= 11 is 1.24. The van der Waals surface area contributed by atoms with Gasteiger partial charge in [-0.1, -0.05) is 0 Å². The molecular formula is C9H9F5N2OS. The van der Waals surface area contributed by atoms with Crippen LogP contribution >= 0.6 is 11.3 Å². The van der Waals surface area contributed by atoms with Gasteiger partial charge in [0.05, 0.1) is 5.01 Å². The Morgan fingerprint density at radius 3 is 2.44 bits per heavy atom. The van der Waals surface area contributed by atoms with Crippen molar-refractivity contribution in [2.75, 3.05) is 6.54 Å². The molecule has 1 rings (SSSR count). The maximum atomic E-state index is 12.5. The zero-order valence-corrected chi connectivity index (χ0v) is 9.96. The average molecular weight is 288 g/mol. The first-order chi connectivity index (χ1) is 8.14. The number of nitrogens with one attached hydrogen (secondary N) is 1. The van der Waals surface area contributed by atoms with Crippen molar-refractivity contribution in [3.8, 4) is 0 Å². The number of rotatable bonds is 4. The van der Waals surface area contributed by atoms with Crippen LogP contribution in [0.15, 0.2) is 5.38 Å². The Morgan fingerprint density at radius 2 is 2.00 bits per heavy atom. The lowest BCUT2D eigenvalue weighted by Crippen LogP contribution is -2.50. The van der Waals surface area contributed by atoms with Gasteiger partial charge in [-0.25, -0.2) is 4.98 Å². The highest BCUT2D eigenvalue weighted by atomic mass is 32.1. The molecule has 0 aliphatic rings. The van der Waals surface area contributed by atoms with Gasteiger partial charge in [0.25, 0.3) is 5.91 Å². The van der Waals surface area contributed by atoms with Crippen molar-refractivity contribution in [2.45, 2.75) is 25.4 Å². The minimum atomic E-state index is -5.88. The average Bonchev–Trinajstić information content (AvgIpc) is 2.62. The molecule has 0 radical (unpaired) electrons. The Kier molecular flexibility index (Phi) is 4.25. The predicted octanol–water partition coefficient (Wildman–Crippen LogP) is 2.31. The molecule has 0 unspecified atom stereocenters. The highest BCUT2D eigenvalue weighted by Gasteiger charge is 2.63. The van der Waals surface area contributed by atoms with Crippen LogP contribution in [0.2, 0.25) is 0 Å². The second-order valence-corrected chi connectivity index (χ2v) is 4.40. The molecule has 0 spiro atoms. The topological polar surface area (TPSA) is 42.0 Å². The summed E-state index contributed by atoms with van der Waals surface area (Å²) in [5.41, 5.74) is 0.724. The predicted molar refractivity (Wildman–Crippen MR) is 54.6 cm³/mol. The van der Waals surface area contributed by atoms with Gasteiger partial charge in [-0.15, -0.1) is 11.3 Å². The summed E-state index contributed by atoms with van der Waals surface area (Å²) in [6.07, 6.45) is -5.77. The van der Waals surface area contributed by atoms with Gasteiger partial charge in [0, 0.05) is 24.0 Å². The Bertz CT molecular complexity index is 429. The molecule has 1 aromatic rings. The lowest BCUT2D eigenvalue weighted by molar-refractivity contribution is -0.269. The van der Waals surface area contributed by atoms with Gasteiger partial charge in [0.2, 0.25) is 0 Å². The number of aryl methyl sites for hydroxylation is 1. The summed E-state index contributed by atoms with van der Waals surface area (Å²) in [4.78, 5) is 14.7. The summed E-state index contributed by atoms with van der Waals surface area (Å²) < 4.78 is 60.5. The van der Waals surface area contributed by atoms with Crippen LogP contribution in [0, 0.1) is 6.92 Å². The van der Waals surface area contributed by atoms with Crippen molar-refractivity contribution >= 4 is 17.2 Å². The van der Waals surface area contributed by atoms with E-state index in [1.54, 1.807) is 17.6 Å². The molecule has 0 saturated carbocycles. The van der Waals surface area contributed by atoms with Gasteiger partial charge in [-0.05, 0) is 6.92 Å². The fourth-order valence-electron chi connectivity index (χ4n) is 1.04. The van der Waals surface area contributed by atoms with Gasteiger partial charge in [-0.2, -0.15) is 22.0 Å². The van der Waals surface area contributed by atoms with Gasteiger partial charge >= 0.3 is 12.1 Å². The van der Waals surface area contributed by atoms with E-state index in [1.807, 2.05) is 0 Å². The Hall–Kier alpha value is -1.25. The summed E-state index contributed by atoms with van der Waals surface area (Å²) in [5, 5.41) is 3.81. The minimum Gasteiger partial charge on any atom is -0.350 e. The monoisotopic (exact) mass is 288 g/mol. The van der Waals surface area contributed by atoms with Gasteiger partial charge < -0.3 is 5.32 Å². The smallest absolute Gasteiger partial charge is 0.350 e. The summed E-state index contributed by atoms with van der Waals surface area (Å²) in [5.74, 6) is -7.71. The Balaban J connectivity index is 2.47. The molecule has 0 fully saturated rings. The second kappa shape index (κ2) is 5.17. The molecule has 1 aromatic heterocycles. The van der Waals surface area contributed by atoms with Crippen molar-refractivity contribution in [3.05, 3.63) is 16.1 Å². The molecule has 1 N–H and O–H groups in total. The molecule has 0 atom stereocenters. The Labute approximate surface area is 103 Å². The summed E-state index contributed by atoms with van der Waals surface area (Å²) in [6, 6.07) is 0. The van der Waals surface area contributed by atoms with Crippen LogP contribution in [0.25, 0.3) is 0 Å². The van der Waals surface area contributed by atoms with Crippen LogP contribution in [0.3, 0.4) is 0 Å². The number of alkyl halides is 5. The molecule has 102 valence electrons. The van der Waals surface area contributed by atoms with Crippen molar-refractivity contribution in [2.24, 2.45) is 0 Å². The van der Waals surface area contributed by atoms with E-state index >= 15 is 0 Å². The summed E-state index contributed by atoms with van der Waals surface area (Å²) in [6.45, 7) is 1.40. The van der Waals surface area contributed by atoms with Gasteiger partial charge in [-0.3, -0.25) is 4.79 Å². The third-order valence-corrected chi connectivity index (χ3v) is 2.96. The second-order valence-electron chi connectivity index (χ2n) is 3.46. The molecule has 0 aliphatic carbocycles. The van der Waals surface area contributed by atoms with Crippen LogP contribution in [0.1, 0.15) is 10.7 Å². The van der Waals surface area contributed by atoms with Crippen LogP contribution in [-0.4, -0.2) is 29.5 Å². The Morgan fingerprint density at radius 1 is 1.39 bits per heavy atom. The third kappa shape index (κ3) is 3.37. The third-order valence-electron chi connectivity index (χ3n) is 1.93. The van der Waals surface area contributed by atoms with Crippen molar-refractivity contribution in [1.82, 2.24) is 10.3 Å². The number of carbonyl (C=O) groups excluding carboxylic acids is 1. The van der Waals surface area contributed by atoms with E-state index in [0.29, 0.717) is 5.01 Å². The number of hydrogen-bond donors (Lipinski definition) is 1. The largest absolute Gasteiger partial charge is 0.463 e. The van der Waals surface area contributed by atoms with Crippen molar-refractivity contribution < 1.29 is 26.7 Å². The molecule has 0 saturated heterocycles. The van der Waals surface area contributed by atoms with E-state index in [0.717, 1.165) is 5.69 Å². The number of carbonyl (C=O) groups is 1.